The highest BCUT2D eigenvalue weighted by molar-refractivity contribution is 7.09. The first-order valence-electron chi connectivity index (χ1n) is 7.93. The van der Waals surface area contributed by atoms with Crippen molar-refractivity contribution >= 4 is 17.2 Å². The van der Waals surface area contributed by atoms with Crippen LogP contribution in [-0.4, -0.2) is 19.5 Å². The van der Waals surface area contributed by atoms with E-state index in [1.807, 2.05) is 0 Å². The second-order valence-corrected chi connectivity index (χ2v) is 7.13. The maximum atomic E-state index is 12.3. The Labute approximate surface area is 136 Å². The van der Waals surface area contributed by atoms with Crippen LogP contribution in [0.3, 0.4) is 0 Å². The van der Waals surface area contributed by atoms with E-state index in [4.69, 9.17) is 0 Å². The van der Waals surface area contributed by atoms with Crippen molar-refractivity contribution in [3.05, 3.63) is 57.8 Å². The van der Waals surface area contributed by atoms with Crippen molar-refractivity contribution < 1.29 is 9.69 Å². The lowest BCUT2D eigenvalue weighted by molar-refractivity contribution is -0.885. The third-order valence-electron chi connectivity index (χ3n) is 4.22. The Hall–Kier alpha value is -1.65. The number of thiophene rings is 1. The molecule has 0 spiro atoms. The van der Waals surface area contributed by atoms with Gasteiger partial charge in [-0.1, -0.05) is 30.3 Å². The number of benzene rings is 1. The zero-order valence-electron chi connectivity index (χ0n) is 13.0. The normalized spacial score (nSPS) is 18.5. The Bertz CT molecular complexity index is 624. The van der Waals surface area contributed by atoms with Gasteiger partial charge in [0.05, 0.1) is 18.0 Å². The zero-order chi connectivity index (χ0) is 15.4. The molecule has 0 saturated heterocycles. The van der Waals surface area contributed by atoms with Crippen LogP contribution in [0.15, 0.2) is 41.8 Å². The van der Waals surface area contributed by atoms with E-state index < -0.39 is 0 Å². The molecule has 2 N–H and O–H groups in total. The lowest BCUT2D eigenvalue weighted by Gasteiger charge is -2.26. The summed E-state index contributed by atoms with van der Waals surface area (Å²) >= 11 is 1.75. The van der Waals surface area contributed by atoms with E-state index in [-0.39, 0.29) is 11.9 Å². The fourth-order valence-corrected chi connectivity index (χ4v) is 4.02. The topological polar surface area (TPSA) is 33.5 Å². The highest BCUT2D eigenvalue weighted by atomic mass is 32.1. The second kappa shape index (κ2) is 7.07. The van der Waals surface area contributed by atoms with Crippen molar-refractivity contribution in [2.75, 3.05) is 13.6 Å². The number of amides is 1. The number of hydrogen-bond acceptors (Lipinski definition) is 2. The first kappa shape index (κ1) is 15.3. The summed E-state index contributed by atoms with van der Waals surface area (Å²) < 4.78 is 0. The first-order chi connectivity index (χ1) is 10.7. The summed E-state index contributed by atoms with van der Waals surface area (Å²) in [7, 11) is 2.08. The lowest BCUT2D eigenvalue weighted by Crippen LogP contribution is -3.08. The Morgan fingerprint density at radius 2 is 2.18 bits per heavy atom. The van der Waals surface area contributed by atoms with Crippen molar-refractivity contribution in [1.82, 2.24) is 5.32 Å². The summed E-state index contributed by atoms with van der Waals surface area (Å²) in [4.78, 5) is 14.9. The Morgan fingerprint density at radius 3 is 3.00 bits per heavy atom. The maximum Gasteiger partial charge on any atom is 0.275 e. The first-order valence-corrected chi connectivity index (χ1v) is 8.81. The molecular weight excluding hydrogens is 292 g/mol. The number of hydrogen-bond donors (Lipinski definition) is 2. The highest BCUT2D eigenvalue weighted by Gasteiger charge is 2.22. The molecule has 22 heavy (non-hydrogen) atoms. The summed E-state index contributed by atoms with van der Waals surface area (Å²) in [6.45, 7) is 1.43. The predicted octanol–water partition coefficient (Wildman–Crippen LogP) is 1.96. The third-order valence-corrected chi connectivity index (χ3v) is 5.10. The molecule has 1 aliphatic rings. The molecule has 1 aromatic carbocycles. The zero-order valence-corrected chi connectivity index (χ0v) is 13.8. The molecule has 116 valence electrons. The van der Waals surface area contributed by atoms with Gasteiger partial charge in [0.15, 0.2) is 6.54 Å². The molecule has 4 heteroatoms. The van der Waals surface area contributed by atoms with Gasteiger partial charge in [-0.05, 0) is 41.8 Å². The van der Waals surface area contributed by atoms with Gasteiger partial charge in [-0.2, -0.15) is 0 Å². The van der Waals surface area contributed by atoms with Gasteiger partial charge < -0.3 is 10.2 Å². The predicted molar refractivity (Wildman–Crippen MR) is 90.0 cm³/mol. The minimum Gasteiger partial charge on any atom is -0.344 e. The lowest BCUT2D eigenvalue weighted by atomic mass is 9.88. The van der Waals surface area contributed by atoms with E-state index in [2.05, 4.69) is 54.1 Å². The minimum atomic E-state index is 0.149. The summed E-state index contributed by atoms with van der Waals surface area (Å²) in [5, 5.41) is 5.31. The molecule has 1 unspecified atom stereocenters. The number of rotatable bonds is 5. The van der Waals surface area contributed by atoms with Crippen LogP contribution in [0.4, 0.5) is 0 Å². The molecule has 0 saturated carbocycles. The average molecular weight is 315 g/mol. The molecule has 2 aromatic rings. The van der Waals surface area contributed by atoms with E-state index in [1.54, 1.807) is 11.3 Å². The molecular formula is C18H23N2OS+. The average Bonchev–Trinajstić information content (AvgIpc) is 3.00. The third kappa shape index (κ3) is 3.76. The van der Waals surface area contributed by atoms with Crippen LogP contribution in [-0.2, 0) is 17.8 Å². The number of nitrogens with one attached hydrogen (secondary N) is 2. The molecule has 3 nitrogen and oxygen atoms in total. The Kier molecular flexibility index (Phi) is 4.90. The number of aryl methyl sites for hydroxylation is 1. The summed E-state index contributed by atoms with van der Waals surface area (Å²) in [5.74, 6) is 0.149. The van der Waals surface area contributed by atoms with Crippen LogP contribution in [0.1, 0.15) is 34.9 Å². The molecule has 0 bridgehead atoms. The number of likely N-dealkylation sites (N-methyl/N-ethyl adjacent to an activating group) is 1. The number of fused-ring (bicyclic) bond motifs is 1. The maximum absolute atomic E-state index is 12.3. The van der Waals surface area contributed by atoms with E-state index in [1.165, 1.54) is 20.9 Å². The van der Waals surface area contributed by atoms with Crippen LogP contribution in [0.5, 0.6) is 0 Å². The smallest absolute Gasteiger partial charge is 0.275 e. The quantitative estimate of drug-likeness (QED) is 0.869. The number of quaternary nitrogens is 1. The van der Waals surface area contributed by atoms with Gasteiger partial charge in [-0.25, -0.2) is 0 Å². The van der Waals surface area contributed by atoms with Gasteiger partial charge in [0.2, 0.25) is 0 Å². The molecule has 1 aromatic heterocycles. The molecule has 0 fully saturated rings. The standard InChI is InChI=1S/C18H22N2OS/c1-20(12-15-8-5-11-22-15)13-18(21)19-17-10-4-7-14-6-2-3-9-16(14)17/h2-3,5-6,8-9,11,17H,4,7,10,12-13H2,1H3,(H,19,21)/p+1/t17-/m1/s1. The molecule has 1 amide bonds. The van der Waals surface area contributed by atoms with Gasteiger partial charge in [0.1, 0.15) is 6.54 Å². The highest BCUT2D eigenvalue weighted by Crippen LogP contribution is 2.29. The van der Waals surface area contributed by atoms with Crippen LogP contribution in [0.25, 0.3) is 0 Å². The van der Waals surface area contributed by atoms with Gasteiger partial charge in [0, 0.05) is 0 Å². The van der Waals surface area contributed by atoms with E-state index in [0.717, 1.165) is 25.8 Å². The van der Waals surface area contributed by atoms with E-state index in [9.17, 15) is 4.79 Å². The van der Waals surface area contributed by atoms with Crippen LogP contribution in [0.2, 0.25) is 0 Å². The minimum absolute atomic E-state index is 0.149. The number of carbonyl (C=O) groups excluding carboxylic acids is 1. The van der Waals surface area contributed by atoms with Gasteiger partial charge in [-0.3, -0.25) is 4.79 Å². The fraction of sp³-hybridized carbons (Fsp3) is 0.389. The summed E-state index contributed by atoms with van der Waals surface area (Å²) in [6.07, 6.45) is 3.33. The summed E-state index contributed by atoms with van der Waals surface area (Å²) in [5.41, 5.74) is 2.69. The molecule has 3 rings (SSSR count). The van der Waals surface area contributed by atoms with Gasteiger partial charge in [0.25, 0.3) is 5.91 Å². The van der Waals surface area contributed by atoms with Crippen LogP contribution < -0.4 is 10.2 Å². The molecule has 0 aliphatic heterocycles. The van der Waals surface area contributed by atoms with Crippen molar-refractivity contribution in [1.29, 1.82) is 0 Å². The van der Waals surface area contributed by atoms with Gasteiger partial charge >= 0.3 is 0 Å². The molecule has 1 aliphatic carbocycles. The van der Waals surface area contributed by atoms with E-state index in [0.29, 0.717) is 6.54 Å². The van der Waals surface area contributed by atoms with Crippen molar-refractivity contribution in [2.45, 2.75) is 31.8 Å². The Balaban J connectivity index is 1.56. The monoisotopic (exact) mass is 315 g/mol. The largest absolute Gasteiger partial charge is 0.344 e. The van der Waals surface area contributed by atoms with Crippen molar-refractivity contribution in [3.8, 4) is 0 Å². The summed E-state index contributed by atoms with van der Waals surface area (Å²) in [6, 6.07) is 12.9. The molecule has 0 radical (unpaired) electrons. The van der Waals surface area contributed by atoms with Crippen LogP contribution in [0, 0.1) is 0 Å². The van der Waals surface area contributed by atoms with Gasteiger partial charge in [-0.15, -0.1) is 11.3 Å². The second-order valence-electron chi connectivity index (χ2n) is 6.10. The SMILES string of the molecule is C[NH+](CC(=O)N[C@@H]1CCCc2ccccc21)Cc1cccs1. The Morgan fingerprint density at radius 1 is 1.32 bits per heavy atom. The molecule has 2 atom stereocenters. The fourth-order valence-electron chi connectivity index (χ4n) is 3.20. The van der Waals surface area contributed by atoms with Crippen molar-refractivity contribution in [3.63, 3.8) is 0 Å². The van der Waals surface area contributed by atoms with Crippen LogP contribution >= 0.6 is 11.3 Å². The number of carbonyl (C=O) groups is 1. The van der Waals surface area contributed by atoms with E-state index >= 15 is 0 Å². The molecule has 1 heterocycles. The van der Waals surface area contributed by atoms with Crippen molar-refractivity contribution in [2.24, 2.45) is 0 Å².